The fourth-order valence-corrected chi connectivity index (χ4v) is 2.58. The zero-order valence-corrected chi connectivity index (χ0v) is 9.47. The molecule has 0 bridgehead atoms. The Bertz CT molecular complexity index is 614. The van der Waals surface area contributed by atoms with Crippen molar-refractivity contribution in [3.63, 3.8) is 0 Å². The van der Waals surface area contributed by atoms with E-state index in [4.69, 9.17) is 0 Å². The van der Waals surface area contributed by atoms with E-state index in [2.05, 4.69) is 6.07 Å². The van der Waals surface area contributed by atoms with E-state index in [0.29, 0.717) is 0 Å². The van der Waals surface area contributed by atoms with Gasteiger partial charge in [-0.2, -0.15) is 0 Å². The second-order valence-corrected chi connectivity index (χ2v) is 4.45. The average Bonchev–Trinajstić information content (AvgIpc) is 2.63. The highest BCUT2D eigenvalue weighted by molar-refractivity contribution is 5.92. The van der Waals surface area contributed by atoms with Crippen molar-refractivity contribution in [3.8, 4) is 11.1 Å². The van der Waals surface area contributed by atoms with Gasteiger partial charge in [0.05, 0.1) is 0 Å². The molecule has 2 aromatic carbocycles. The second-order valence-electron chi connectivity index (χ2n) is 4.45. The molecule has 0 saturated heterocycles. The lowest BCUT2D eigenvalue weighted by atomic mass is 9.97. The molecule has 1 N–H and O–H groups in total. The molecule has 0 saturated carbocycles. The summed E-state index contributed by atoms with van der Waals surface area (Å²) < 4.78 is 0. The fourth-order valence-electron chi connectivity index (χ4n) is 2.58. The zero-order chi connectivity index (χ0) is 12.0. The van der Waals surface area contributed by atoms with E-state index in [1.807, 2.05) is 43.3 Å². The first-order valence-electron chi connectivity index (χ1n) is 5.61. The molecule has 2 aromatic rings. The van der Waals surface area contributed by atoms with E-state index in [9.17, 15) is 9.90 Å². The highest BCUT2D eigenvalue weighted by Crippen LogP contribution is 2.44. The van der Waals surface area contributed by atoms with Gasteiger partial charge in [0.15, 0.2) is 0 Å². The normalized spacial score (nSPS) is 16.4. The van der Waals surface area contributed by atoms with Gasteiger partial charge in [0, 0.05) is 0 Å². The number of aliphatic carboxylic acids is 1. The summed E-state index contributed by atoms with van der Waals surface area (Å²) in [5.41, 5.74) is 5.08. The molecule has 0 amide bonds. The van der Waals surface area contributed by atoms with Gasteiger partial charge in [-0.1, -0.05) is 48.0 Å². The Morgan fingerprint density at radius 2 is 1.76 bits per heavy atom. The van der Waals surface area contributed by atoms with Crippen LogP contribution in [0.1, 0.15) is 22.6 Å². The van der Waals surface area contributed by atoms with E-state index in [0.717, 1.165) is 27.8 Å². The molecule has 84 valence electrons. The summed E-state index contributed by atoms with van der Waals surface area (Å²) in [4.78, 5) is 11.4. The van der Waals surface area contributed by atoms with Gasteiger partial charge in [0.2, 0.25) is 0 Å². The van der Waals surface area contributed by atoms with Crippen molar-refractivity contribution >= 4 is 5.97 Å². The molecular weight excluding hydrogens is 212 g/mol. The molecule has 3 rings (SSSR count). The molecule has 0 radical (unpaired) electrons. The first-order chi connectivity index (χ1) is 8.18. The minimum Gasteiger partial charge on any atom is -0.481 e. The smallest absolute Gasteiger partial charge is 0.315 e. The van der Waals surface area contributed by atoms with Crippen molar-refractivity contribution in [1.82, 2.24) is 0 Å². The maximum Gasteiger partial charge on any atom is 0.315 e. The van der Waals surface area contributed by atoms with Gasteiger partial charge in [-0.05, 0) is 29.2 Å². The maximum absolute atomic E-state index is 11.4. The van der Waals surface area contributed by atoms with Crippen LogP contribution in [0.25, 0.3) is 11.1 Å². The maximum atomic E-state index is 11.4. The molecular formula is C15H12O2. The first kappa shape index (κ1) is 10.1. The van der Waals surface area contributed by atoms with Crippen molar-refractivity contribution in [2.24, 2.45) is 0 Å². The first-order valence-corrected chi connectivity index (χ1v) is 5.61. The number of carbonyl (C=O) groups is 1. The topological polar surface area (TPSA) is 37.3 Å². The van der Waals surface area contributed by atoms with Crippen LogP contribution in [0.3, 0.4) is 0 Å². The summed E-state index contributed by atoms with van der Waals surface area (Å²) in [5.74, 6) is -1.29. The van der Waals surface area contributed by atoms with Gasteiger partial charge < -0.3 is 5.11 Å². The van der Waals surface area contributed by atoms with E-state index in [1.54, 1.807) is 0 Å². The molecule has 0 aromatic heterocycles. The van der Waals surface area contributed by atoms with Gasteiger partial charge in [-0.3, -0.25) is 4.79 Å². The molecule has 0 spiro atoms. The number of hydrogen-bond acceptors (Lipinski definition) is 1. The lowest BCUT2D eigenvalue weighted by Gasteiger charge is -2.07. The third-order valence-electron chi connectivity index (χ3n) is 3.33. The number of rotatable bonds is 1. The monoisotopic (exact) mass is 224 g/mol. The minimum atomic E-state index is -0.778. The van der Waals surface area contributed by atoms with Crippen LogP contribution in [0.4, 0.5) is 0 Å². The summed E-state index contributed by atoms with van der Waals surface area (Å²) in [6, 6.07) is 13.7. The fraction of sp³-hybridized carbons (Fsp3) is 0.133. The van der Waals surface area contributed by atoms with E-state index in [-0.39, 0.29) is 0 Å². The van der Waals surface area contributed by atoms with E-state index >= 15 is 0 Å². The van der Waals surface area contributed by atoms with Crippen LogP contribution in [-0.2, 0) is 4.79 Å². The Morgan fingerprint density at radius 1 is 1.06 bits per heavy atom. The summed E-state index contributed by atoms with van der Waals surface area (Å²) in [6.45, 7) is 2.02. The van der Waals surface area contributed by atoms with E-state index < -0.39 is 11.9 Å². The lowest BCUT2D eigenvalue weighted by molar-refractivity contribution is -0.137. The van der Waals surface area contributed by atoms with Crippen LogP contribution in [0, 0.1) is 6.92 Å². The van der Waals surface area contributed by atoms with Gasteiger partial charge in [-0.25, -0.2) is 0 Å². The van der Waals surface area contributed by atoms with Gasteiger partial charge >= 0.3 is 5.97 Å². The molecule has 1 unspecified atom stereocenters. The molecule has 0 heterocycles. The Balaban J connectivity index is 2.34. The molecule has 1 aliphatic carbocycles. The van der Waals surface area contributed by atoms with Crippen LogP contribution in [0.15, 0.2) is 42.5 Å². The number of carboxylic acid groups (broad SMARTS) is 1. The van der Waals surface area contributed by atoms with Gasteiger partial charge in [-0.15, -0.1) is 0 Å². The predicted octanol–water partition coefficient (Wildman–Crippen LogP) is 3.19. The highest BCUT2D eigenvalue weighted by Gasteiger charge is 2.33. The standard InChI is InChI=1S/C15H12O2/c1-9-6-7-12-13(8-9)10-4-2-3-5-11(10)14(12)15(16)17/h2-8,14H,1H3,(H,16,17). The predicted molar refractivity (Wildman–Crippen MR) is 66.1 cm³/mol. The van der Waals surface area contributed by atoms with Crippen molar-refractivity contribution in [1.29, 1.82) is 0 Å². The summed E-state index contributed by atoms with van der Waals surface area (Å²) in [7, 11) is 0. The Hall–Kier alpha value is -2.09. The van der Waals surface area contributed by atoms with E-state index in [1.165, 1.54) is 0 Å². The quantitative estimate of drug-likeness (QED) is 0.807. The summed E-state index contributed by atoms with van der Waals surface area (Å²) in [5, 5.41) is 9.38. The summed E-state index contributed by atoms with van der Waals surface area (Å²) in [6.07, 6.45) is 0. The number of benzene rings is 2. The summed E-state index contributed by atoms with van der Waals surface area (Å²) >= 11 is 0. The van der Waals surface area contributed by atoms with Gasteiger partial charge in [0.1, 0.15) is 5.92 Å². The third-order valence-corrected chi connectivity index (χ3v) is 3.33. The van der Waals surface area contributed by atoms with Crippen molar-refractivity contribution < 1.29 is 9.90 Å². The molecule has 0 fully saturated rings. The van der Waals surface area contributed by atoms with Crippen molar-refractivity contribution in [3.05, 3.63) is 59.2 Å². The van der Waals surface area contributed by atoms with Crippen molar-refractivity contribution in [2.75, 3.05) is 0 Å². The van der Waals surface area contributed by atoms with Gasteiger partial charge in [0.25, 0.3) is 0 Å². The number of fused-ring (bicyclic) bond motifs is 3. The molecule has 0 aliphatic heterocycles. The molecule has 2 nitrogen and oxygen atoms in total. The average molecular weight is 224 g/mol. The SMILES string of the molecule is Cc1ccc2c(c1)-c1ccccc1C2C(=O)O. The van der Waals surface area contributed by atoms with Crippen LogP contribution in [0.5, 0.6) is 0 Å². The zero-order valence-electron chi connectivity index (χ0n) is 9.47. The molecule has 2 heteroatoms. The second kappa shape index (κ2) is 3.45. The Kier molecular flexibility index (Phi) is 2.05. The van der Waals surface area contributed by atoms with Crippen LogP contribution in [-0.4, -0.2) is 11.1 Å². The largest absolute Gasteiger partial charge is 0.481 e. The Morgan fingerprint density at radius 3 is 2.53 bits per heavy atom. The van der Waals surface area contributed by atoms with Crippen LogP contribution >= 0.6 is 0 Å². The molecule has 1 aliphatic rings. The number of aryl methyl sites for hydroxylation is 1. The van der Waals surface area contributed by atoms with Crippen LogP contribution in [0.2, 0.25) is 0 Å². The Labute approximate surface area is 99.5 Å². The molecule has 17 heavy (non-hydrogen) atoms. The lowest BCUT2D eigenvalue weighted by Crippen LogP contribution is -2.09. The highest BCUT2D eigenvalue weighted by atomic mass is 16.4. The minimum absolute atomic E-state index is 0.512. The third kappa shape index (κ3) is 1.37. The number of carboxylic acids is 1. The molecule has 1 atom stereocenters. The van der Waals surface area contributed by atoms with Crippen LogP contribution < -0.4 is 0 Å². The number of hydrogen-bond donors (Lipinski definition) is 1. The van der Waals surface area contributed by atoms with Crippen molar-refractivity contribution in [2.45, 2.75) is 12.8 Å².